The average Bonchev–Trinajstić information content (AvgIpc) is 1.85. The molecule has 0 aliphatic heterocycles. The normalized spacial score (nSPS) is 11.3. The highest BCUT2D eigenvalue weighted by Crippen LogP contribution is 2.09. The summed E-state index contributed by atoms with van der Waals surface area (Å²) in [5.41, 5.74) is 0.244. The van der Waals surface area contributed by atoms with Gasteiger partial charge in [0.2, 0.25) is 5.91 Å². The number of nitrogens with one attached hydrogen (secondary N) is 2. The van der Waals surface area contributed by atoms with E-state index in [1.54, 1.807) is 7.05 Å². The summed E-state index contributed by atoms with van der Waals surface area (Å²) in [6.45, 7) is 7.66. The van der Waals surface area contributed by atoms with Crippen molar-refractivity contribution in [1.29, 1.82) is 0 Å². The largest absolute Gasteiger partial charge is 0.358 e. The smallest absolute Gasteiger partial charge is 0.233 e. The van der Waals surface area contributed by atoms with Gasteiger partial charge in [-0.05, 0) is 5.41 Å². The van der Waals surface area contributed by atoms with E-state index in [0.717, 1.165) is 6.54 Å². The van der Waals surface area contributed by atoms with E-state index < -0.39 is 0 Å². The summed E-state index contributed by atoms with van der Waals surface area (Å²) in [6.07, 6.45) is 0. The van der Waals surface area contributed by atoms with E-state index in [1.807, 2.05) is 0 Å². The van der Waals surface area contributed by atoms with Crippen molar-refractivity contribution in [2.75, 3.05) is 20.1 Å². The highest BCUT2D eigenvalue weighted by molar-refractivity contribution is 5.77. The van der Waals surface area contributed by atoms with Crippen LogP contribution in [0.15, 0.2) is 0 Å². The zero-order chi connectivity index (χ0) is 8.91. The molecule has 0 saturated heterocycles. The lowest BCUT2D eigenvalue weighted by Crippen LogP contribution is -2.35. The predicted octanol–water partition coefficient (Wildman–Crippen LogP) is 0.368. The second-order valence-corrected chi connectivity index (χ2v) is 3.84. The number of likely N-dealkylation sites (N-methyl/N-ethyl adjacent to an activating group) is 1. The van der Waals surface area contributed by atoms with Gasteiger partial charge in [-0.15, -0.1) is 0 Å². The van der Waals surface area contributed by atoms with Crippen molar-refractivity contribution >= 4 is 5.91 Å². The molecule has 0 aromatic carbocycles. The van der Waals surface area contributed by atoms with E-state index in [2.05, 4.69) is 31.4 Å². The number of rotatable bonds is 3. The molecule has 2 N–H and O–H groups in total. The maximum atomic E-state index is 10.7. The quantitative estimate of drug-likeness (QED) is 0.623. The molecule has 0 unspecified atom stereocenters. The van der Waals surface area contributed by atoms with Gasteiger partial charge in [-0.2, -0.15) is 0 Å². The predicted molar refractivity (Wildman–Crippen MR) is 46.4 cm³/mol. The summed E-state index contributed by atoms with van der Waals surface area (Å²) >= 11 is 0. The van der Waals surface area contributed by atoms with Gasteiger partial charge in [0.25, 0.3) is 0 Å². The van der Waals surface area contributed by atoms with Crippen LogP contribution in [0.4, 0.5) is 0 Å². The zero-order valence-corrected chi connectivity index (χ0v) is 7.82. The molecule has 0 bridgehead atoms. The van der Waals surface area contributed by atoms with E-state index in [-0.39, 0.29) is 11.3 Å². The fourth-order valence-electron chi connectivity index (χ4n) is 0.639. The lowest BCUT2D eigenvalue weighted by Gasteiger charge is -2.18. The zero-order valence-electron chi connectivity index (χ0n) is 7.82. The molecule has 0 aromatic heterocycles. The lowest BCUT2D eigenvalue weighted by atomic mass is 9.97. The molecular weight excluding hydrogens is 140 g/mol. The first-order valence-corrected chi connectivity index (χ1v) is 3.87. The minimum absolute atomic E-state index is 0.0363. The maximum Gasteiger partial charge on any atom is 0.233 e. The number of hydrogen-bond donors (Lipinski definition) is 2. The van der Waals surface area contributed by atoms with Crippen LogP contribution in [-0.4, -0.2) is 26.0 Å². The third-order valence-electron chi connectivity index (χ3n) is 1.22. The molecule has 0 heterocycles. The van der Waals surface area contributed by atoms with Gasteiger partial charge in [0.1, 0.15) is 0 Å². The van der Waals surface area contributed by atoms with Crippen LogP contribution < -0.4 is 10.6 Å². The molecule has 0 aliphatic rings. The van der Waals surface area contributed by atoms with E-state index in [4.69, 9.17) is 0 Å². The Morgan fingerprint density at radius 1 is 1.36 bits per heavy atom. The van der Waals surface area contributed by atoms with Crippen molar-refractivity contribution in [3.8, 4) is 0 Å². The summed E-state index contributed by atoms with van der Waals surface area (Å²) in [4.78, 5) is 10.7. The van der Waals surface area contributed by atoms with Gasteiger partial charge in [-0.25, -0.2) is 0 Å². The van der Waals surface area contributed by atoms with Crippen LogP contribution in [0.2, 0.25) is 0 Å². The van der Waals surface area contributed by atoms with E-state index >= 15 is 0 Å². The molecule has 11 heavy (non-hydrogen) atoms. The molecule has 1 amide bonds. The Kier molecular flexibility index (Phi) is 4.11. The van der Waals surface area contributed by atoms with Crippen molar-refractivity contribution in [2.24, 2.45) is 5.41 Å². The second kappa shape index (κ2) is 4.34. The fraction of sp³-hybridized carbons (Fsp3) is 0.875. The Bertz CT molecular complexity index is 127. The van der Waals surface area contributed by atoms with E-state index in [1.165, 1.54) is 0 Å². The van der Waals surface area contributed by atoms with Crippen molar-refractivity contribution in [2.45, 2.75) is 20.8 Å². The average molecular weight is 158 g/mol. The minimum atomic E-state index is 0.0363. The first-order valence-electron chi connectivity index (χ1n) is 3.87. The maximum absolute atomic E-state index is 10.7. The molecule has 0 fully saturated rings. The van der Waals surface area contributed by atoms with Crippen LogP contribution >= 0.6 is 0 Å². The number of carbonyl (C=O) groups is 1. The van der Waals surface area contributed by atoms with Gasteiger partial charge < -0.3 is 10.6 Å². The molecule has 0 aliphatic carbocycles. The van der Waals surface area contributed by atoms with Crippen molar-refractivity contribution in [3.05, 3.63) is 0 Å². The van der Waals surface area contributed by atoms with Crippen molar-refractivity contribution in [1.82, 2.24) is 10.6 Å². The van der Waals surface area contributed by atoms with Crippen LogP contribution in [0.5, 0.6) is 0 Å². The highest BCUT2D eigenvalue weighted by atomic mass is 16.1. The third-order valence-corrected chi connectivity index (χ3v) is 1.22. The van der Waals surface area contributed by atoms with Crippen LogP contribution in [0.3, 0.4) is 0 Å². The molecule has 0 radical (unpaired) electrons. The summed E-state index contributed by atoms with van der Waals surface area (Å²) in [7, 11) is 1.64. The fourth-order valence-corrected chi connectivity index (χ4v) is 0.639. The van der Waals surface area contributed by atoms with Gasteiger partial charge in [0.15, 0.2) is 0 Å². The summed E-state index contributed by atoms with van der Waals surface area (Å²) in [6, 6.07) is 0. The van der Waals surface area contributed by atoms with Gasteiger partial charge in [-0.1, -0.05) is 20.8 Å². The Labute approximate surface area is 68.6 Å². The van der Waals surface area contributed by atoms with Crippen molar-refractivity contribution < 1.29 is 4.79 Å². The van der Waals surface area contributed by atoms with Crippen LogP contribution in [0.1, 0.15) is 20.8 Å². The summed E-state index contributed by atoms with van der Waals surface area (Å²) < 4.78 is 0. The first kappa shape index (κ1) is 10.4. The van der Waals surface area contributed by atoms with Gasteiger partial charge in [-0.3, -0.25) is 4.79 Å². The second-order valence-electron chi connectivity index (χ2n) is 3.84. The van der Waals surface area contributed by atoms with Crippen LogP contribution in [-0.2, 0) is 4.79 Å². The monoisotopic (exact) mass is 158 g/mol. The molecule has 0 atom stereocenters. The van der Waals surface area contributed by atoms with Crippen LogP contribution in [0, 0.1) is 5.41 Å². The topological polar surface area (TPSA) is 41.1 Å². The number of carbonyl (C=O) groups excluding carboxylic acids is 1. The molecule has 3 nitrogen and oxygen atoms in total. The number of hydrogen-bond acceptors (Lipinski definition) is 2. The molecular formula is C8H18N2O. The summed E-state index contributed by atoms with van der Waals surface area (Å²) in [5.74, 6) is 0.0363. The molecule has 66 valence electrons. The van der Waals surface area contributed by atoms with Crippen LogP contribution in [0.25, 0.3) is 0 Å². The Hall–Kier alpha value is -0.570. The Morgan fingerprint density at radius 2 is 1.91 bits per heavy atom. The van der Waals surface area contributed by atoms with Crippen molar-refractivity contribution in [3.63, 3.8) is 0 Å². The van der Waals surface area contributed by atoms with E-state index in [9.17, 15) is 4.79 Å². The third kappa shape index (κ3) is 7.33. The number of amides is 1. The molecule has 0 saturated carbocycles. The van der Waals surface area contributed by atoms with Gasteiger partial charge in [0.05, 0.1) is 6.54 Å². The van der Waals surface area contributed by atoms with Gasteiger partial charge >= 0.3 is 0 Å². The molecule has 0 spiro atoms. The molecule has 0 aromatic rings. The van der Waals surface area contributed by atoms with E-state index in [0.29, 0.717) is 6.54 Å². The minimum Gasteiger partial charge on any atom is -0.358 e. The first-order chi connectivity index (χ1) is 4.95. The highest BCUT2D eigenvalue weighted by Gasteiger charge is 2.09. The molecule has 3 heteroatoms. The Morgan fingerprint density at radius 3 is 2.27 bits per heavy atom. The SMILES string of the molecule is CNC(=O)CNCC(C)(C)C. The summed E-state index contributed by atoms with van der Waals surface area (Å²) in [5, 5.41) is 5.61. The Balaban J connectivity index is 3.35. The lowest BCUT2D eigenvalue weighted by molar-refractivity contribution is -0.119. The van der Waals surface area contributed by atoms with Gasteiger partial charge in [0, 0.05) is 13.6 Å². The molecule has 0 rings (SSSR count). The standard InChI is InChI=1S/C8H18N2O/c1-8(2,3)6-10-5-7(11)9-4/h10H,5-6H2,1-4H3,(H,9,11).